The van der Waals surface area contributed by atoms with Crippen LogP contribution in [0.2, 0.25) is 0 Å². The van der Waals surface area contributed by atoms with E-state index in [0.717, 1.165) is 6.04 Å². The molecule has 1 fully saturated rings. The smallest absolute Gasteiger partial charge is 0.0360 e. The number of likely N-dealkylation sites (N-methyl/N-ethyl adjacent to an activating group) is 2. The van der Waals surface area contributed by atoms with Crippen LogP contribution < -0.4 is 5.32 Å². The Bertz CT molecular complexity index is 235. The molecule has 0 radical (unpaired) electrons. The summed E-state index contributed by atoms with van der Waals surface area (Å²) in [5.74, 6) is 0. The van der Waals surface area contributed by atoms with E-state index in [4.69, 9.17) is 0 Å². The van der Waals surface area contributed by atoms with Crippen LogP contribution in [0.15, 0.2) is 0 Å². The highest BCUT2D eigenvalue weighted by Crippen LogP contribution is 2.40. The molecule has 0 saturated carbocycles. The molecule has 0 amide bonds. The van der Waals surface area contributed by atoms with Gasteiger partial charge in [-0.15, -0.1) is 0 Å². The summed E-state index contributed by atoms with van der Waals surface area (Å²) >= 11 is 0. The highest BCUT2D eigenvalue weighted by Gasteiger charge is 2.49. The van der Waals surface area contributed by atoms with Gasteiger partial charge in [-0.05, 0) is 39.3 Å². The molecule has 1 aliphatic rings. The normalized spacial score (nSPS) is 27.0. The zero-order chi connectivity index (χ0) is 14.3. The van der Waals surface area contributed by atoms with Crippen molar-refractivity contribution in [1.29, 1.82) is 0 Å². The average molecular weight is 268 g/mol. The monoisotopic (exact) mass is 268 g/mol. The molecule has 1 N–H and O–H groups in total. The molecule has 0 aromatic heterocycles. The number of likely N-dealkylation sites (tertiary alicyclic amines) is 1. The van der Waals surface area contributed by atoms with Crippen LogP contribution in [0.3, 0.4) is 0 Å². The van der Waals surface area contributed by atoms with E-state index in [2.05, 4.69) is 45.0 Å². The fourth-order valence-electron chi connectivity index (χ4n) is 4.37. The fraction of sp³-hybridized carbons (Fsp3) is 1.00. The Morgan fingerprint density at radius 2 is 1.74 bits per heavy atom. The summed E-state index contributed by atoms with van der Waals surface area (Å²) in [5, 5.41) is 3.61. The number of hydrogen-bond donors (Lipinski definition) is 1. The minimum atomic E-state index is 0.402. The molecule has 1 heterocycles. The molecule has 0 aromatic carbocycles. The number of unbranched alkanes of at least 4 members (excludes halogenated alkanes) is 3. The van der Waals surface area contributed by atoms with Crippen molar-refractivity contribution in [3.63, 3.8) is 0 Å². The van der Waals surface area contributed by atoms with Crippen LogP contribution in [-0.2, 0) is 0 Å². The van der Waals surface area contributed by atoms with Crippen molar-refractivity contribution in [2.75, 3.05) is 13.6 Å². The quantitative estimate of drug-likeness (QED) is 0.631. The summed E-state index contributed by atoms with van der Waals surface area (Å²) in [5.41, 5.74) is 0.402. The van der Waals surface area contributed by atoms with Gasteiger partial charge < -0.3 is 5.32 Å². The molecule has 2 unspecified atom stereocenters. The minimum absolute atomic E-state index is 0.402. The van der Waals surface area contributed by atoms with Crippen LogP contribution in [0.25, 0.3) is 0 Å². The van der Waals surface area contributed by atoms with Crippen LogP contribution in [0, 0.1) is 0 Å². The molecular formula is C17H36N2. The molecule has 2 nitrogen and oxygen atoms in total. The molecule has 2 atom stereocenters. The third kappa shape index (κ3) is 3.52. The maximum Gasteiger partial charge on any atom is 0.0360 e. The molecule has 1 aliphatic heterocycles. The van der Waals surface area contributed by atoms with Crippen molar-refractivity contribution in [2.45, 2.75) is 96.7 Å². The van der Waals surface area contributed by atoms with Crippen molar-refractivity contribution in [1.82, 2.24) is 10.2 Å². The van der Waals surface area contributed by atoms with Gasteiger partial charge in [0.25, 0.3) is 0 Å². The second kappa shape index (κ2) is 8.26. The van der Waals surface area contributed by atoms with Crippen molar-refractivity contribution in [3.8, 4) is 0 Å². The lowest BCUT2D eigenvalue weighted by Gasteiger charge is -2.42. The lowest BCUT2D eigenvalue weighted by atomic mass is 9.85. The largest absolute Gasteiger partial charge is 0.315 e. The van der Waals surface area contributed by atoms with Crippen LogP contribution >= 0.6 is 0 Å². The van der Waals surface area contributed by atoms with Gasteiger partial charge in [0.2, 0.25) is 0 Å². The van der Waals surface area contributed by atoms with E-state index in [1.54, 1.807) is 0 Å². The predicted molar refractivity (Wildman–Crippen MR) is 85.7 cm³/mol. The van der Waals surface area contributed by atoms with Crippen molar-refractivity contribution in [3.05, 3.63) is 0 Å². The number of hydrogen-bond acceptors (Lipinski definition) is 2. The molecule has 0 spiro atoms. The first-order chi connectivity index (χ1) is 9.19. The average Bonchev–Trinajstić information content (AvgIpc) is 2.76. The first-order valence-corrected chi connectivity index (χ1v) is 8.64. The highest BCUT2D eigenvalue weighted by molar-refractivity contribution is 5.07. The van der Waals surface area contributed by atoms with Crippen molar-refractivity contribution in [2.24, 2.45) is 0 Å². The SMILES string of the molecule is CCCCCCC1CC(NC)C(CC)(CC)N1CC. The number of nitrogens with one attached hydrogen (secondary N) is 1. The lowest BCUT2D eigenvalue weighted by molar-refractivity contribution is 0.0779. The summed E-state index contributed by atoms with van der Waals surface area (Å²) in [7, 11) is 2.15. The number of rotatable bonds is 9. The molecule has 0 bridgehead atoms. The van der Waals surface area contributed by atoms with Gasteiger partial charge in [0.15, 0.2) is 0 Å². The predicted octanol–water partition coefficient (Wildman–Crippen LogP) is 4.20. The summed E-state index contributed by atoms with van der Waals surface area (Å²) in [4.78, 5) is 2.82. The lowest BCUT2D eigenvalue weighted by Crippen LogP contribution is -2.54. The third-order valence-electron chi connectivity index (χ3n) is 5.47. The van der Waals surface area contributed by atoms with Gasteiger partial charge in [0.05, 0.1) is 0 Å². The van der Waals surface area contributed by atoms with Crippen LogP contribution in [0.1, 0.15) is 79.1 Å². The van der Waals surface area contributed by atoms with E-state index in [-0.39, 0.29) is 0 Å². The first-order valence-electron chi connectivity index (χ1n) is 8.64. The summed E-state index contributed by atoms with van der Waals surface area (Å²) in [6, 6.07) is 1.48. The molecule has 1 rings (SSSR count). The van der Waals surface area contributed by atoms with Gasteiger partial charge in [-0.3, -0.25) is 4.90 Å². The zero-order valence-corrected chi connectivity index (χ0v) is 14.0. The van der Waals surface area contributed by atoms with E-state index < -0.39 is 0 Å². The van der Waals surface area contributed by atoms with Crippen molar-refractivity contribution < 1.29 is 0 Å². The van der Waals surface area contributed by atoms with E-state index in [9.17, 15) is 0 Å². The van der Waals surface area contributed by atoms with Gasteiger partial charge in [0.1, 0.15) is 0 Å². The fourth-order valence-corrected chi connectivity index (χ4v) is 4.37. The molecule has 1 saturated heterocycles. The van der Waals surface area contributed by atoms with E-state index in [1.807, 2.05) is 0 Å². The summed E-state index contributed by atoms with van der Waals surface area (Å²) < 4.78 is 0. The Morgan fingerprint density at radius 3 is 2.21 bits per heavy atom. The Kier molecular flexibility index (Phi) is 7.38. The topological polar surface area (TPSA) is 15.3 Å². The van der Waals surface area contributed by atoms with Gasteiger partial charge in [-0.1, -0.05) is 53.4 Å². The molecule has 114 valence electrons. The van der Waals surface area contributed by atoms with E-state index in [1.165, 1.54) is 57.9 Å². The summed E-state index contributed by atoms with van der Waals surface area (Å²) in [6.07, 6.45) is 10.9. The molecule has 0 aromatic rings. The molecule has 0 aliphatic carbocycles. The van der Waals surface area contributed by atoms with E-state index in [0.29, 0.717) is 11.6 Å². The van der Waals surface area contributed by atoms with Crippen LogP contribution in [0.4, 0.5) is 0 Å². The van der Waals surface area contributed by atoms with E-state index >= 15 is 0 Å². The molecule has 19 heavy (non-hydrogen) atoms. The maximum absolute atomic E-state index is 3.61. The van der Waals surface area contributed by atoms with Crippen molar-refractivity contribution >= 4 is 0 Å². The van der Waals surface area contributed by atoms with Crippen LogP contribution in [0.5, 0.6) is 0 Å². The van der Waals surface area contributed by atoms with Gasteiger partial charge >= 0.3 is 0 Å². The number of nitrogens with zero attached hydrogens (tertiary/aromatic N) is 1. The Labute approximate surface area is 121 Å². The minimum Gasteiger partial charge on any atom is -0.315 e. The molecular weight excluding hydrogens is 232 g/mol. The third-order valence-corrected chi connectivity index (χ3v) is 5.47. The van der Waals surface area contributed by atoms with Gasteiger partial charge in [0, 0.05) is 17.6 Å². The second-order valence-corrected chi connectivity index (χ2v) is 6.18. The van der Waals surface area contributed by atoms with Gasteiger partial charge in [-0.25, -0.2) is 0 Å². The summed E-state index contributed by atoms with van der Waals surface area (Å²) in [6.45, 7) is 10.6. The first kappa shape index (κ1) is 17.0. The van der Waals surface area contributed by atoms with Crippen LogP contribution in [-0.4, -0.2) is 36.1 Å². The Balaban J connectivity index is 2.68. The molecule has 2 heteroatoms. The second-order valence-electron chi connectivity index (χ2n) is 6.18. The Morgan fingerprint density at radius 1 is 1.05 bits per heavy atom. The standard InChI is InChI=1S/C17H36N2/c1-6-10-11-12-13-15-14-16(18-5)17(7-2,8-3)19(15)9-4/h15-16,18H,6-14H2,1-5H3. The Hall–Kier alpha value is -0.0800. The van der Waals surface area contributed by atoms with Gasteiger partial charge in [-0.2, -0.15) is 0 Å². The maximum atomic E-state index is 3.61. The zero-order valence-electron chi connectivity index (χ0n) is 14.0. The highest BCUT2D eigenvalue weighted by atomic mass is 15.3.